The summed E-state index contributed by atoms with van der Waals surface area (Å²) in [6.45, 7) is 0.595. The van der Waals surface area contributed by atoms with Gasteiger partial charge in [-0.15, -0.1) is 11.3 Å². The van der Waals surface area contributed by atoms with Crippen molar-refractivity contribution >= 4 is 60.1 Å². The molecule has 3 aromatic heterocycles. The quantitative estimate of drug-likeness (QED) is 0.398. The number of aromatic nitrogens is 2. The Kier molecular flexibility index (Phi) is 7.20. The maximum absolute atomic E-state index is 13.8. The van der Waals surface area contributed by atoms with E-state index in [4.69, 9.17) is 0 Å². The lowest BCUT2D eigenvalue weighted by Gasteiger charge is -2.37. The van der Waals surface area contributed by atoms with Crippen molar-refractivity contribution < 1.29 is 21.6 Å². The first-order valence-electron chi connectivity index (χ1n) is 11.0. The van der Waals surface area contributed by atoms with Gasteiger partial charge in [-0.25, -0.2) is 21.8 Å². The van der Waals surface area contributed by atoms with Crippen LogP contribution in [0, 0.1) is 0 Å². The molecule has 1 N–H and O–H groups in total. The van der Waals surface area contributed by atoms with E-state index in [9.17, 15) is 21.6 Å². The number of hydrogen-bond donors (Lipinski definition) is 1. The minimum Gasteiger partial charge on any atom is -0.286 e. The van der Waals surface area contributed by atoms with Gasteiger partial charge in [0.25, 0.3) is 10.0 Å². The topological polar surface area (TPSA) is 126 Å². The minimum atomic E-state index is -3.98. The van der Waals surface area contributed by atoms with E-state index in [1.807, 2.05) is 0 Å². The third-order valence-corrected chi connectivity index (χ3v) is 14.6. The summed E-state index contributed by atoms with van der Waals surface area (Å²) in [4.78, 5) is 21.1. The number of carbonyl (C=O) groups is 1. The molecule has 1 saturated heterocycles. The molecule has 14 heteroatoms. The maximum atomic E-state index is 13.8. The number of hydrogen-bond acceptors (Lipinski definition) is 11. The van der Waals surface area contributed by atoms with Crippen LogP contribution in [0.1, 0.15) is 34.6 Å². The Morgan fingerprint density at radius 1 is 1.08 bits per heavy atom. The lowest BCUT2D eigenvalue weighted by atomic mass is 10.1. The van der Waals surface area contributed by atoms with Crippen LogP contribution in [0.25, 0.3) is 0 Å². The molecule has 2 aliphatic heterocycles. The zero-order chi connectivity index (χ0) is 25.4. The van der Waals surface area contributed by atoms with Crippen molar-refractivity contribution in [3.63, 3.8) is 0 Å². The third kappa shape index (κ3) is 4.71. The van der Waals surface area contributed by atoms with Crippen LogP contribution in [0.3, 0.4) is 0 Å². The minimum absolute atomic E-state index is 0.136. The highest BCUT2D eigenvalue weighted by atomic mass is 32.3. The number of thiazole rings is 1. The maximum Gasteiger partial charge on any atom is 0.252 e. The van der Waals surface area contributed by atoms with Crippen molar-refractivity contribution in [3.8, 4) is 0 Å². The van der Waals surface area contributed by atoms with Crippen LogP contribution < -0.4 is 5.32 Å². The van der Waals surface area contributed by atoms with Crippen LogP contribution in [-0.2, 0) is 19.9 Å². The van der Waals surface area contributed by atoms with Gasteiger partial charge in [0.2, 0.25) is 20.0 Å². The lowest BCUT2D eigenvalue weighted by Crippen LogP contribution is -2.55. The van der Waals surface area contributed by atoms with E-state index < -0.39 is 24.1 Å². The summed E-state index contributed by atoms with van der Waals surface area (Å²) in [5.41, 5.74) is 0.221. The predicted molar refractivity (Wildman–Crippen MR) is 140 cm³/mol. The molecule has 9 nitrogen and oxygen atoms in total. The molecular formula is C22H22N4O5S5. The highest BCUT2D eigenvalue weighted by molar-refractivity contribution is 8.17. The number of nitrogens with one attached hydrogen (secondary N) is 1. The van der Waals surface area contributed by atoms with Crippen LogP contribution >= 0.6 is 34.4 Å². The summed E-state index contributed by atoms with van der Waals surface area (Å²) in [5, 5.41) is 6.78. The van der Waals surface area contributed by atoms with Gasteiger partial charge in [0.05, 0.1) is 11.1 Å². The molecule has 2 aliphatic rings. The molecule has 1 fully saturated rings. The van der Waals surface area contributed by atoms with Crippen molar-refractivity contribution in [1.82, 2.24) is 19.6 Å². The fourth-order valence-corrected chi connectivity index (χ4v) is 11.5. The highest BCUT2D eigenvalue weighted by Gasteiger charge is 2.49. The largest absolute Gasteiger partial charge is 0.286 e. The number of piperidine rings is 1. The molecule has 1 unspecified atom stereocenters. The zero-order valence-corrected chi connectivity index (χ0v) is 22.9. The number of sulfonamides is 1. The van der Waals surface area contributed by atoms with E-state index in [1.165, 1.54) is 28.0 Å². The van der Waals surface area contributed by atoms with Crippen molar-refractivity contribution in [2.24, 2.45) is 0 Å². The second-order valence-corrected chi connectivity index (χ2v) is 16.2. The average Bonchev–Trinajstić information content (AvgIpc) is 3.67. The number of nitrogens with zero attached hydrogens (tertiary/aromatic N) is 3. The molecule has 3 aromatic rings. The van der Waals surface area contributed by atoms with E-state index in [-0.39, 0.29) is 33.2 Å². The van der Waals surface area contributed by atoms with Crippen LogP contribution in [-0.4, -0.2) is 60.2 Å². The van der Waals surface area contributed by atoms with Gasteiger partial charge in [0.15, 0.2) is 4.20 Å². The first-order chi connectivity index (χ1) is 17.2. The van der Waals surface area contributed by atoms with Crippen LogP contribution in [0.15, 0.2) is 68.1 Å². The van der Waals surface area contributed by atoms with Gasteiger partial charge in [-0.2, -0.15) is 4.31 Å². The standard InChI is InChI=1S/C22H22N4O5S5/c27-20(17-5-1-2-10-23-17)18-15-24-21(34-18)35(28,29)22(9-4-14-33-22)25-16-7-11-26(12-8-16)36(30,31)19-6-3-13-32-19/h1-6,10,13-16,25H,7-9,11-12H2. The van der Waals surface area contributed by atoms with Gasteiger partial charge in [0, 0.05) is 31.7 Å². The molecule has 36 heavy (non-hydrogen) atoms. The van der Waals surface area contributed by atoms with Gasteiger partial charge in [0.1, 0.15) is 9.90 Å². The number of thiophene rings is 1. The molecule has 0 saturated carbocycles. The van der Waals surface area contributed by atoms with Crippen molar-refractivity contribution in [2.45, 2.75) is 38.1 Å². The van der Waals surface area contributed by atoms with Crippen LogP contribution in [0.2, 0.25) is 0 Å². The molecule has 0 spiro atoms. The summed E-state index contributed by atoms with van der Waals surface area (Å²) in [6.07, 6.45) is 5.76. The number of sulfone groups is 1. The number of pyridine rings is 1. The second kappa shape index (κ2) is 10.1. The lowest BCUT2D eigenvalue weighted by molar-refractivity contribution is 0.103. The zero-order valence-electron chi connectivity index (χ0n) is 18.8. The Morgan fingerprint density at radius 3 is 2.53 bits per heavy atom. The Balaban J connectivity index is 1.32. The molecule has 1 atom stereocenters. The highest BCUT2D eigenvalue weighted by Crippen LogP contribution is 2.44. The molecule has 5 rings (SSSR count). The van der Waals surface area contributed by atoms with Crippen molar-refractivity contribution in [1.29, 1.82) is 0 Å². The monoisotopic (exact) mass is 582 g/mol. The van der Waals surface area contributed by atoms with Crippen molar-refractivity contribution in [2.75, 3.05) is 13.1 Å². The van der Waals surface area contributed by atoms with Crippen LogP contribution in [0.4, 0.5) is 0 Å². The summed E-state index contributed by atoms with van der Waals surface area (Å²) in [7, 11) is -7.52. The van der Waals surface area contributed by atoms with E-state index in [2.05, 4.69) is 15.3 Å². The number of rotatable bonds is 8. The first kappa shape index (κ1) is 25.7. The number of ketones is 1. The fourth-order valence-electron chi connectivity index (χ4n) is 4.09. The van der Waals surface area contributed by atoms with Gasteiger partial charge < -0.3 is 0 Å². The molecule has 0 aromatic carbocycles. The van der Waals surface area contributed by atoms with E-state index in [0.29, 0.717) is 30.1 Å². The Bertz CT molecular complexity index is 1470. The normalized spacial score (nSPS) is 21.7. The third-order valence-electron chi connectivity index (χ3n) is 5.98. The van der Waals surface area contributed by atoms with E-state index >= 15 is 0 Å². The molecule has 0 bridgehead atoms. The van der Waals surface area contributed by atoms with Crippen LogP contribution in [0.5, 0.6) is 0 Å². The summed E-state index contributed by atoms with van der Waals surface area (Å²) < 4.78 is 53.5. The van der Waals surface area contributed by atoms with Gasteiger partial charge in [-0.1, -0.05) is 41.3 Å². The Morgan fingerprint density at radius 2 is 1.89 bits per heavy atom. The molecular weight excluding hydrogens is 561 g/mol. The molecule has 0 amide bonds. The molecule has 0 radical (unpaired) electrons. The summed E-state index contributed by atoms with van der Waals surface area (Å²) in [5.74, 6) is -0.381. The van der Waals surface area contributed by atoms with Crippen molar-refractivity contribution in [3.05, 3.63) is 70.2 Å². The number of thioether (sulfide) groups is 1. The molecule has 0 aliphatic carbocycles. The Labute approximate surface area is 221 Å². The van der Waals surface area contributed by atoms with E-state index in [0.717, 1.165) is 23.1 Å². The molecule has 190 valence electrons. The SMILES string of the molecule is O=C(c1ccccn1)c1cnc(S(=O)(=O)C2(NC3CCN(S(=O)(=O)c4cccs4)CC3)CC=CS2)s1. The van der Waals surface area contributed by atoms with Gasteiger partial charge in [-0.3, -0.25) is 15.1 Å². The molecule has 5 heterocycles. The summed E-state index contributed by atoms with van der Waals surface area (Å²) in [6, 6.07) is 8.06. The first-order valence-corrected chi connectivity index (χ1v) is 16.5. The predicted octanol–water partition coefficient (Wildman–Crippen LogP) is 3.35. The average molecular weight is 583 g/mol. The van der Waals surface area contributed by atoms with E-state index in [1.54, 1.807) is 47.2 Å². The second-order valence-electron chi connectivity index (χ2n) is 8.24. The Hall–Kier alpha value is -1.94. The smallest absolute Gasteiger partial charge is 0.252 e. The fraction of sp³-hybridized carbons (Fsp3) is 0.318. The number of carbonyl (C=O) groups excluding carboxylic acids is 1. The van der Waals surface area contributed by atoms with Gasteiger partial charge in [-0.05, 0) is 41.8 Å². The summed E-state index contributed by atoms with van der Waals surface area (Å²) >= 11 is 3.18. The van der Waals surface area contributed by atoms with Gasteiger partial charge >= 0.3 is 0 Å².